The Morgan fingerprint density at radius 1 is 1.13 bits per heavy atom. The van der Waals surface area contributed by atoms with Crippen molar-refractivity contribution in [3.8, 4) is 0 Å². The average molecular weight is 437 g/mol. The van der Waals surface area contributed by atoms with Gasteiger partial charge in [0.05, 0.1) is 29.0 Å². The molecule has 0 radical (unpaired) electrons. The van der Waals surface area contributed by atoms with Crippen LogP contribution in [0.15, 0.2) is 57.0 Å². The van der Waals surface area contributed by atoms with E-state index < -0.39 is 0 Å². The Bertz CT molecular complexity index is 1230. The van der Waals surface area contributed by atoms with E-state index in [0.717, 1.165) is 42.8 Å². The summed E-state index contributed by atoms with van der Waals surface area (Å²) in [5, 5.41) is 10.3. The van der Waals surface area contributed by atoms with Crippen LogP contribution >= 0.6 is 11.8 Å². The number of para-hydroxylation sites is 1. The van der Waals surface area contributed by atoms with Gasteiger partial charge in [0.25, 0.3) is 5.56 Å². The Morgan fingerprint density at radius 3 is 2.77 bits per heavy atom. The number of furan rings is 1. The zero-order chi connectivity index (χ0) is 21.2. The second-order valence-electron chi connectivity index (χ2n) is 7.72. The van der Waals surface area contributed by atoms with Crippen LogP contribution in [-0.2, 0) is 6.54 Å². The number of aromatic nitrogens is 5. The SMILES string of the molecule is CC(Sc1nnc(N2CCCCC2)n1Cc1ccco1)c1nc2ccccc2c(=O)[nH]1. The van der Waals surface area contributed by atoms with Crippen molar-refractivity contribution >= 4 is 28.6 Å². The molecular formula is C22H24N6O2S. The van der Waals surface area contributed by atoms with Gasteiger partial charge in [0, 0.05) is 13.1 Å². The molecule has 0 spiro atoms. The van der Waals surface area contributed by atoms with Gasteiger partial charge in [0.1, 0.15) is 11.6 Å². The van der Waals surface area contributed by atoms with E-state index in [1.165, 1.54) is 18.2 Å². The number of nitrogens with zero attached hydrogens (tertiary/aromatic N) is 5. The summed E-state index contributed by atoms with van der Waals surface area (Å²) in [7, 11) is 0. The third-order valence-corrected chi connectivity index (χ3v) is 6.62. The first kappa shape index (κ1) is 19.9. The summed E-state index contributed by atoms with van der Waals surface area (Å²) in [5.74, 6) is 2.34. The first-order valence-electron chi connectivity index (χ1n) is 10.5. The molecule has 31 heavy (non-hydrogen) atoms. The van der Waals surface area contributed by atoms with Crippen LogP contribution in [-0.4, -0.2) is 37.8 Å². The molecule has 1 unspecified atom stereocenters. The number of aromatic amines is 1. The standard InChI is InChI=1S/C22H24N6O2S/c1-15(19-23-18-10-4-3-9-17(18)20(29)24-19)31-22-26-25-21(27-11-5-2-6-12-27)28(22)14-16-8-7-13-30-16/h3-4,7-10,13,15H,2,5-6,11-12,14H2,1H3,(H,23,24,29). The van der Waals surface area contributed by atoms with Gasteiger partial charge in [0.15, 0.2) is 5.16 Å². The number of piperidine rings is 1. The van der Waals surface area contributed by atoms with Crippen molar-refractivity contribution in [3.63, 3.8) is 0 Å². The number of rotatable bonds is 6. The van der Waals surface area contributed by atoms with Crippen LogP contribution in [0.2, 0.25) is 0 Å². The van der Waals surface area contributed by atoms with Crippen molar-refractivity contribution in [1.82, 2.24) is 24.7 Å². The number of hydrogen-bond acceptors (Lipinski definition) is 7. The van der Waals surface area contributed by atoms with Crippen LogP contribution < -0.4 is 10.5 Å². The molecule has 0 amide bonds. The normalized spacial score (nSPS) is 15.5. The first-order chi connectivity index (χ1) is 15.2. The second kappa shape index (κ2) is 8.58. The summed E-state index contributed by atoms with van der Waals surface area (Å²) in [6.07, 6.45) is 5.26. The Hall–Kier alpha value is -3.07. The third-order valence-electron chi connectivity index (χ3n) is 5.53. The number of nitrogens with one attached hydrogen (secondary N) is 1. The van der Waals surface area contributed by atoms with Crippen LogP contribution in [0.5, 0.6) is 0 Å². The Kier molecular flexibility index (Phi) is 5.50. The number of hydrogen-bond donors (Lipinski definition) is 1. The van der Waals surface area contributed by atoms with Crippen molar-refractivity contribution in [1.29, 1.82) is 0 Å². The molecule has 0 saturated carbocycles. The maximum atomic E-state index is 12.5. The van der Waals surface area contributed by atoms with Gasteiger partial charge < -0.3 is 14.3 Å². The predicted octanol–water partition coefficient (Wildman–Crippen LogP) is 4.00. The molecule has 1 atom stereocenters. The summed E-state index contributed by atoms with van der Waals surface area (Å²) in [6.45, 7) is 4.54. The minimum Gasteiger partial charge on any atom is -0.467 e. The average Bonchev–Trinajstić information content (AvgIpc) is 3.45. The molecule has 0 bridgehead atoms. The van der Waals surface area contributed by atoms with E-state index in [1.54, 1.807) is 12.3 Å². The van der Waals surface area contributed by atoms with Gasteiger partial charge in [-0.1, -0.05) is 23.9 Å². The van der Waals surface area contributed by atoms with Gasteiger partial charge in [-0.15, -0.1) is 10.2 Å². The van der Waals surface area contributed by atoms with E-state index in [9.17, 15) is 4.79 Å². The Balaban J connectivity index is 1.46. The molecule has 4 aromatic rings. The van der Waals surface area contributed by atoms with Crippen LogP contribution in [0.25, 0.3) is 10.9 Å². The first-order valence-corrected chi connectivity index (χ1v) is 11.4. The van der Waals surface area contributed by atoms with Gasteiger partial charge in [0.2, 0.25) is 5.95 Å². The van der Waals surface area contributed by atoms with Crippen LogP contribution in [0.3, 0.4) is 0 Å². The van der Waals surface area contributed by atoms with E-state index in [2.05, 4.69) is 29.6 Å². The summed E-state index contributed by atoms with van der Waals surface area (Å²) in [4.78, 5) is 22.4. The quantitative estimate of drug-likeness (QED) is 0.457. The highest BCUT2D eigenvalue weighted by Crippen LogP contribution is 2.34. The van der Waals surface area contributed by atoms with Crippen LogP contribution in [0.4, 0.5) is 5.95 Å². The van der Waals surface area contributed by atoms with E-state index in [0.29, 0.717) is 23.3 Å². The molecule has 0 aliphatic carbocycles. The van der Waals surface area contributed by atoms with Crippen molar-refractivity contribution in [2.75, 3.05) is 18.0 Å². The number of fused-ring (bicyclic) bond motifs is 1. The van der Waals surface area contributed by atoms with E-state index >= 15 is 0 Å². The van der Waals surface area contributed by atoms with Gasteiger partial charge in [-0.2, -0.15) is 0 Å². The zero-order valence-corrected chi connectivity index (χ0v) is 18.1. The molecule has 4 heterocycles. The fraction of sp³-hybridized carbons (Fsp3) is 0.364. The molecule has 1 fully saturated rings. The lowest BCUT2D eigenvalue weighted by Crippen LogP contribution is -2.32. The van der Waals surface area contributed by atoms with E-state index in [1.807, 2.05) is 37.3 Å². The van der Waals surface area contributed by atoms with Gasteiger partial charge >= 0.3 is 0 Å². The maximum absolute atomic E-state index is 12.5. The number of anilines is 1. The molecule has 5 rings (SSSR count). The lowest BCUT2D eigenvalue weighted by molar-refractivity contribution is 0.479. The Labute approximate surface area is 183 Å². The number of benzene rings is 1. The molecule has 160 valence electrons. The fourth-order valence-electron chi connectivity index (χ4n) is 3.90. The molecule has 9 heteroatoms. The van der Waals surface area contributed by atoms with Crippen molar-refractivity contribution < 1.29 is 4.42 Å². The van der Waals surface area contributed by atoms with Crippen LogP contribution in [0, 0.1) is 0 Å². The van der Waals surface area contributed by atoms with Gasteiger partial charge in [-0.05, 0) is 50.5 Å². The highest BCUT2D eigenvalue weighted by atomic mass is 32.2. The maximum Gasteiger partial charge on any atom is 0.258 e. The smallest absolute Gasteiger partial charge is 0.258 e. The molecule has 1 aliphatic heterocycles. The highest BCUT2D eigenvalue weighted by Gasteiger charge is 2.23. The second-order valence-corrected chi connectivity index (χ2v) is 9.03. The summed E-state index contributed by atoms with van der Waals surface area (Å²) in [5.41, 5.74) is 0.568. The van der Waals surface area contributed by atoms with Crippen molar-refractivity contribution in [3.05, 3.63) is 64.6 Å². The highest BCUT2D eigenvalue weighted by molar-refractivity contribution is 7.99. The molecule has 1 aromatic carbocycles. The van der Waals surface area contributed by atoms with Crippen LogP contribution in [0.1, 0.15) is 43.0 Å². The summed E-state index contributed by atoms with van der Waals surface area (Å²) < 4.78 is 7.70. The monoisotopic (exact) mass is 436 g/mol. The lowest BCUT2D eigenvalue weighted by atomic mass is 10.1. The van der Waals surface area contributed by atoms with E-state index in [-0.39, 0.29) is 10.8 Å². The molecule has 1 aliphatic rings. The predicted molar refractivity (Wildman–Crippen MR) is 121 cm³/mol. The van der Waals surface area contributed by atoms with Gasteiger partial charge in [-0.3, -0.25) is 9.36 Å². The fourth-order valence-corrected chi connectivity index (χ4v) is 4.80. The third kappa shape index (κ3) is 4.10. The molecule has 1 N–H and O–H groups in total. The molecule has 1 saturated heterocycles. The Morgan fingerprint density at radius 2 is 1.97 bits per heavy atom. The zero-order valence-electron chi connectivity index (χ0n) is 17.3. The molecule has 8 nitrogen and oxygen atoms in total. The van der Waals surface area contributed by atoms with E-state index in [4.69, 9.17) is 4.42 Å². The largest absolute Gasteiger partial charge is 0.467 e. The van der Waals surface area contributed by atoms with Crippen molar-refractivity contribution in [2.45, 2.75) is 43.1 Å². The number of thioether (sulfide) groups is 1. The summed E-state index contributed by atoms with van der Waals surface area (Å²) in [6, 6.07) is 11.2. The molecular weight excluding hydrogens is 412 g/mol. The lowest BCUT2D eigenvalue weighted by Gasteiger charge is -2.27. The minimum absolute atomic E-state index is 0.105. The molecule has 3 aromatic heterocycles. The topological polar surface area (TPSA) is 92.8 Å². The van der Waals surface area contributed by atoms with Crippen molar-refractivity contribution in [2.24, 2.45) is 0 Å². The summed E-state index contributed by atoms with van der Waals surface area (Å²) >= 11 is 1.54. The number of H-pyrrole nitrogens is 1. The van der Waals surface area contributed by atoms with Gasteiger partial charge in [-0.25, -0.2) is 4.98 Å². The minimum atomic E-state index is -0.126.